The molecule has 0 aromatic heterocycles. The molecule has 1 saturated heterocycles. The van der Waals surface area contributed by atoms with E-state index in [1.807, 2.05) is 36.4 Å². The van der Waals surface area contributed by atoms with Crippen LogP contribution in [-0.4, -0.2) is 44.4 Å². The maximum atomic E-state index is 11.8. The summed E-state index contributed by atoms with van der Waals surface area (Å²) in [6.45, 7) is 2.55. The summed E-state index contributed by atoms with van der Waals surface area (Å²) in [5, 5.41) is 11.8. The molecular weight excluding hydrogens is 366 g/mol. The normalized spacial score (nSPS) is 26.8. The summed E-state index contributed by atoms with van der Waals surface area (Å²) in [6, 6.07) is 14.0. The number of hydrogen-bond acceptors (Lipinski definition) is 5. The molecule has 4 rings (SSSR count). The van der Waals surface area contributed by atoms with Crippen LogP contribution in [0.25, 0.3) is 0 Å². The summed E-state index contributed by atoms with van der Waals surface area (Å²) >= 11 is 0. The minimum absolute atomic E-state index is 0.222. The number of rotatable bonds is 6. The first-order chi connectivity index (χ1) is 14.1. The van der Waals surface area contributed by atoms with Crippen molar-refractivity contribution in [2.45, 2.75) is 31.4 Å². The van der Waals surface area contributed by atoms with Crippen molar-refractivity contribution in [1.29, 1.82) is 0 Å². The average Bonchev–Trinajstić information content (AvgIpc) is 2.74. The second kappa shape index (κ2) is 8.25. The third-order valence-corrected chi connectivity index (χ3v) is 6.74. The van der Waals surface area contributed by atoms with E-state index in [-0.39, 0.29) is 11.8 Å². The van der Waals surface area contributed by atoms with Crippen LogP contribution >= 0.6 is 0 Å². The second-order valence-corrected chi connectivity index (χ2v) is 8.23. The van der Waals surface area contributed by atoms with Crippen LogP contribution in [0.3, 0.4) is 0 Å². The van der Waals surface area contributed by atoms with E-state index >= 15 is 0 Å². The van der Waals surface area contributed by atoms with E-state index in [0.717, 1.165) is 60.9 Å². The SMILES string of the molecule is COc1ccc(C2(O)[C@@H]3CCC[C@H]2CN(Cc2cccc(OC)c2OC)C3)cc1. The van der Waals surface area contributed by atoms with Crippen molar-refractivity contribution in [3.63, 3.8) is 0 Å². The van der Waals surface area contributed by atoms with E-state index in [2.05, 4.69) is 11.0 Å². The summed E-state index contributed by atoms with van der Waals surface area (Å²) in [5.74, 6) is 2.83. The van der Waals surface area contributed by atoms with Gasteiger partial charge in [-0.3, -0.25) is 4.90 Å². The average molecular weight is 398 g/mol. The first-order valence-electron chi connectivity index (χ1n) is 10.4. The number of hydrogen-bond donors (Lipinski definition) is 1. The Balaban J connectivity index is 1.57. The largest absolute Gasteiger partial charge is 0.497 e. The van der Waals surface area contributed by atoms with Crippen molar-refractivity contribution in [3.8, 4) is 17.2 Å². The zero-order valence-electron chi connectivity index (χ0n) is 17.6. The quantitative estimate of drug-likeness (QED) is 0.803. The Bertz CT molecular complexity index is 821. The van der Waals surface area contributed by atoms with Crippen molar-refractivity contribution < 1.29 is 19.3 Å². The van der Waals surface area contributed by atoms with Crippen molar-refractivity contribution >= 4 is 0 Å². The Morgan fingerprint density at radius 2 is 1.62 bits per heavy atom. The van der Waals surface area contributed by atoms with E-state index in [9.17, 15) is 5.11 Å². The monoisotopic (exact) mass is 397 g/mol. The number of piperidine rings is 1. The van der Waals surface area contributed by atoms with Crippen LogP contribution in [0, 0.1) is 11.8 Å². The van der Waals surface area contributed by atoms with Gasteiger partial charge in [0.25, 0.3) is 0 Å². The zero-order chi connectivity index (χ0) is 20.4. The van der Waals surface area contributed by atoms with E-state index in [1.54, 1.807) is 21.3 Å². The van der Waals surface area contributed by atoms with E-state index in [1.165, 1.54) is 6.42 Å². The van der Waals surface area contributed by atoms with Crippen LogP contribution in [0.1, 0.15) is 30.4 Å². The second-order valence-electron chi connectivity index (χ2n) is 8.23. The zero-order valence-corrected chi connectivity index (χ0v) is 17.6. The molecule has 1 aliphatic heterocycles. The highest BCUT2D eigenvalue weighted by Gasteiger charge is 2.51. The Hall–Kier alpha value is -2.24. The summed E-state index contributed by atoms with van der Waals surface area (Å²) < 4.78 is 16.4. The lowest BCUT2D eigenvalue weighted by atomic mass is 9.62. The van der Waals surface area contributed by atoms with Gasteiger partial charge in [-0.1, -0.05) is 30.7 Å². The Morgan fingerprint density at radius 3 is 2.21 bits per heavy atom. The van der Waals surface area contributed by atoms with Crippen molar-refractivity contribution in [1.82, 2.24) is 4.90 Å². The van der Waals surface area contributed by atoms with Crippen LogP contribution < -0.4 is 14.2 Å². The highest BCUT2D eigenvalue weighted by Crippen LogP contribution is 2.49. The molecule has 0 radical (unpaired) electrons. The highest BCUT2D eigenvalue weighted by atomic mass is 16.5. The first kappa shape index (κ1) is 20.0. The number of benzene rings is 2. The fourth-order valence-corrected chi connectivity index (χ4v) is 5.32. The fraction of sp³-hybridized carbons (Fsp3) is 0.500. The standard InChI is InChI=1S/C24H31NO4/c1-27-21-12-10-18(11-13-21)24(26)19-7-5-8-20(24)16-25(15-19)14-17-6-4-9-22(28-2)23(17)29-3/h4,6,9-13,19-20,26H,5,7-8,14-16H2,1-3H3/t19-,20+,24?. The molecular formula is C24H31NO4. The molecule has 156 valence electrons. The lowest BCUT2D eigenvalue weighted by Gasteiger charge is -2.53. The molecule has 5 nitrogen and oxygen atoms in total. The van der Waals surface area contributed by atoms with Gasteiger partial charge < -0.3 is 19.3 Å². The molecule has 2 aliphatic rings. The van der Waals surface area contributed by atoms with Crippen LogP contribution in [-0.2, 0) is 12.1 Å². The number of methoxy groups -OCH3 is 3. The van der Waals surface area contributed by atoms with Gasteiger partial charge >= 0.3 is 0 Å². The van der Waals surface area contributed by atoms with Gasteiger partial charge in [0.15, 0.2) is 11.5 Å². The molecule has 3 atom stereocenters. The first-order valence-corrected chi connectivity index (χ1v) is 10.4. The van der Waals surface area contributed by atoms with Gasteiger partial charge in [0.05, 0.1) is 26.9 Å². The molecule has 0 amide bonds. The summed E-state index contributed by atoms with van der Waals surface area (Å²) in [4.78, 5) is 2.46. The molecule has 1 saturated carbocycles. The lowest BCUT2D eigenvalue weighted by Crippen LogP contribution is -2.57. The smallest absolute Gasteiger partial charge is 0.165 e. The molecule has 1 N–H and O–H groups in total. The summed E-state index contributed by atoms with van der Waals surface area (Å²) in [6.07, 6.45) is 3.28. The molecule has 2 fully saturated rings. The molecule has 2 aromatic rings. The van der Waals surface area contributed by atoms with Gasteiger partial charge in [-0.05, 0) is 36.6 Å². The van der Waals surface area contributed by atoms with Gasteiger partial charge in [0.2, 0.25) is 0 Å². The predicted molar refractivity (Wildman–Crippen MR) is 113 cm³/mol. The Morgan fingerprint density at radius 1 is 0.931 bits per heavy atom. The predicted octanol–water partition coefficient (Wildman–Crippen LogP) is 3.83. The number of fused-ring (bicyclic) bond motifs is 2. The van der Waals surface area contributed by atoms with Crippen LogP contribution in [0.15, 0.2) is 42.5 Å². The maximum Gasteiger partial charge on any atom is 0.165 e. The van der Waals surface area contributed by atoms with Gasteiger partial charge in [-0.15, -0.1) is 0 Å². The topological polar surface area (TPSA) is 51.2 Å². The molecule has 2 aromatic carbocycles. The third-order valence-electron chi connectivity index (χ3n) is 6.74. The Labute approximate surface area is 173 Å². The van der Waals surface area contributed by atoms with Gasteiger partial charge in [0.1, 0.15) is 5.75 Å². The maximum absolute atomic E-state index is 11.8. The molecule has 5 heteroatoms. The van der Waals surface area contributed by atoms with Crippen LogP contribution in [0.2, 0.25) is 0 Å². The molecule has 0 spiro atoms. The van der Waals surface area contributed by atoms with Crippen LogP contribution in [0.5, 0.6) is 17.2 Å². The van der Waals surface area contributed by atoms with E-state index in [4.69, 9.17) is 14.2 Å². The number of aliphatic hydroxyl groups is 1. The van der Waals surface area contributed by atoms with E-state index in [0.29, 0.717) is 0 Å². The molecule has 1 aliphatic carbocycles. The fourth-order valence-electron chi connectivity index (χ4n) is 5.32. The minimum Gasteiger partial charge on any atom is -0.497 e. The van der Waals surface area contributed by atoms with Crippen molar-refractivity contribution in [2.24, 2.45) is 11.8 Å². The van der Waals surface area contributed by atoms with E-state index < -0.39 is 5.60 Å². The number of ether oxygens (including phenoxy) is 3. The Kier molecular flexibility index (Phi) is 5.70. The molecule has 1 heterocycles. The lowest BCUT2D eigenvalue weighted by molar-refractivity contribution is -0.148. The molecule has 29 heavy (non-hydrogen) atoms. The third kappa shape index (κ3) is 3.58. The number of nitrogens with zero attached hydrogens (tertiary/aromatic N) is 1. The summed E-state index contributed by atoms with van der Waals surface area (Å²) in [7, 11) is 5.03. The summed E-state index contributed by atoms with van der Waals surface area (Å²) in [5.41, 5.74) is 1.38. The van der Waals surface area contributed by atoms with Gasteiger partial charge in [-0.2, -0.15) is 0 Å². The molecule has 2 bridgehead atoms. The minimum atomic E-state index is -0.764. The number of para-hydroxylation sites is 1. The molecule has 1 unspecified atom stereocenters. The van der Waals surface area contributed by atoms with Gasteiger partial charge in [-0.25, -0.2) is 0 Å². The number of likely N-dealkylation sites (tertiary alicyclic amines) is 1. The van der Waals surface area contributed by atoms with Crippen molar-refractivity contribution in [2.75, 3.05) is 34.4 Å². The van der Waals surface area contributed by atoms with Crippen LogP contribution in [0.4, 0.5) is 0 Å². The van der Waals surface area contributed by atoms with Gasteiger partial charge in [0, 0.05) is 37.0 Å². The highest BCUT2D eigenvalue weighted by molar-refractivity contribution is 5.46. The van der Waals surface area contributed by atoms with Crippen molar-refractivity contribution in [3.05, 3.63) is 53.6 Å².